The number of rotatable bonds is 6. The summed E-state index contributed by atoms with van der Waals surface area (Å²) in [7, 11) is 0. The van der Waals surface area contributed by atoms with Gasteiger partial charge in [-0.25, -0.2) is 0 Å². The van der Waals surface area contributed by atoms with E-state index < -0.39 is 0 Å². The SMILES string of the molecule is Cc1ccc(N(c2cccc(N(c3ccc(C)c(C)c3)c3ccc(C)c(C)c3)c2)c2ccc(C)c(C)c2)cc1C. The van der Waals surface area contributed by atoms with Crippen molar-refractivity contribution in [2.75, 3.05) is 9.80 Å². The molecule has 2 heteroatoms. The van der Waals surface area contributed by atoms with Crippen molar-refractivity contribution in [3.8, 4) is 0 Å². The molecule has 0 aromatic heterocycles. The second kappa shape index (κ2) is 11.1. The van der Waals surface area contributed by atoms with Crippen LogP contribution in [0, 0.1) is 55.4 Å². The maximum atomic E-state index is 2.38. The summed E-state index contributed by atoms with van der Waals surface area (Å²) in [5.41, 5.74) is 17.2. The molecule has 0 aliphatic rings. The number of hydrogen-bond donors (Lipinski definition) is 0. The van der Waals surface area contributed by atoms with E-state index in [0.717, 1.165) is 34.1 Å². The van der Waals surface area contributed by atoms with E-state index in [4.69, 9.17) is 0 Å². The molecular formula is C38H40N2. The van der Waals surface area contributed by atoms with Crippen molar-refractivity contribution in [2.24, 2.45) is 0 Å². The van der Waals surface area contributed by atoms with E-state index in [1.165, 1.54) is 44.5 Å². The highest BCUT2D eigenvalue weighted by atomic mass is 15.2. The maximum Gasteiger partial charge on any atom is 0.0482 e. The van der Waals surface area contributed by atoms with Crippen molar-refractivity contribution >= 4 is 34.1 Å². The third-order valence-corrected chi connectivity index (χ3v) is 8.34. The summed E-state index contributed by atoms with van der Waals surface area (Å²) in [6.07, 6.45) is 0. The Labute approximate surface area is 240 Å². The predicted octanol–water partition coefficient (Wildman–Crippen LogP) is 11.1. The average Bonchev–Trinajstić information content (AvgIpc) is 2.93. The van der Waals surface area contributed by atoms with Crippen LogP contribution in [0.5, 0.6) is 0 Å². The molecule has 202 valence electrons. The van der Waals surface area contributed by atoms with Crippen molar-refractivity contribution in [1.82, 2.24) is 0 Å². The fourth-order valence-corrected chi connectivity index (χ4v) is 5.12. The summed E-state index contributed by atoms with van der Waals surface area (Å²) < 4.78 is 0. The molecule has 2 nitrogen and oxygen atoms in total. The molecule has 0 saturated heterocycles. The van der Waals surface area contributed by atoms with Crippen molar-refractivity contribution in [2.45, 2.75) is 55.4 Å². The molecule has 0 fully saturated rings. The zero-order valence-electron chi connectivity index (χ0n) is 25.1. The van der Waals surface area contributed by atoms with Gasteiger partial charge in [-0.1, -0.05) is 30.3 Å². The molecule has 0 bridgehead atoms. The van der Waals surface area contributed by atoms with E-state index in [9.17, 15) is 0 Å². The summed E-state index contributed by atoms with van der Waals surface area (Å²) in [6.45, 7) is 17.4. The van der Waals surface area contributed by atoms with E-state index in [1.807, 2.05) is 0 Å². The first kappa shape index (κ1) is 27.3. The van der Waals surface area contributed by atoms with Gasteiger partial charge in [0.2, 0.25) is 0 Å². The summed E-state index contributed by atoms with van der Waals surface area (Å²) in [5, 5.41) is 0. The molecule has 40 heavy (non-hydrogen) atoms. The predicted molar refractivity (Wildman–Crippen MR) is 174 cm³/mol. The summed E-state index contributed by atoms with van der Waals surface area (Å²) >= 11 is 0. The van der Waals surface area contributed by atoms with Crippen LogP contribution in [0.4, 0.5) is 34.1 Å². The lowest BCUT2D eigenvalue weighted by Crippen LogP contribution is -2.14. The van der Waals surface area contributed by atoms with Crippen LogP contribution in [0.25, 0.3) is 0 Å². The van der Waals surface area contributed by atoms with Crippen molar-refractivity contribution < 1.29 is 0 Å². The van der Waals surface area contributed by atoms with Crippen LogP contribution in [0.3, 0.4) is 0 Å². The van der Waals surface area contributed by atoms with Crippen LogP contribution in [0.1, 0.15) is 44.5 Å². The molecule has 0 heterocycles. The van der Waals surface area contributed by atoms with Crippen molar-refractivity contribution in [3.05, 3.63) is 142 Å². The monoisotopic (exact) mass is 524 g/mol. The minimum Gasteiger partial charge on any atom is -0.310 e. The summed E-state index contributed by atoms with van der Waals surface area (Å²) in [4.78, 5) is 4.75. The molecule has 0 unspecified atom stereocenters. The zero-order valence-corrected chi connectivity index (χ0v) is 25.1. The number of aryl methyl sites for hydroxylation is 8. The molecule has 0 aliphatic heterocycles. The highest BCUT2D eigenvalue weighted by Crippen LogP contribution is 2.41. The van der Waals surface area contributed by atoms with Crippen molar-refractivity contribution in [1.29, 1.82) is 0 Å². The highest BCUT2D eigenvalue weighted by Gasteiger charge is 2.18. The van der Waals surface area contributed by atoms with Gasteiger partial charge in [0, 0.05) is 34.1 Å². The molecule has 5 rings (SSSR count). The molecule has 0 radical (unpaired) electrons. The Kier molecular flexibility index (Phi) is 7.54. The van der Waals surface area contributed by atoms with Gasteiger partial charge in [0.05, 0.1) is 0 Å². The fraction of sp³-hybridized carbons (Fsp3) is 0.211. The molecule has 5 aromatic carbocycles. The second-order valence-electron chi connectivity index (χ2n) is 11.3. The summed E-state index contributed by atoms with van der Waals surface area (Å²) in [5.74, 6) is 0. The Balaban J connectivity index is 1.71. The van der Waals surface area contributed by atoms with Crippen LogP contribution in [-0.2, 0) is 0 Å². The van der Waals surface area contributed by atoms with Crippen LogP contribution >= 0.6 is 0 Å². The minimum atomic E-state index is 1.13. The van der Waals surface area contributed by atoms with Crippen LogP contribution < -0.4 is 9.80 Å². The molecule has 0 saturated carbocycles. The largest absolute Gasteiger partial charge is 0.310 e. The Morgan fingerprint density at radius 2 is 0.525 bits per heavy atom. The molecule has 0 amide bonds. The third kappa shape index (κ3) is 5.40. The molecule has 0 N–H and O–H groups in total. The quantitative estimate of drug-likeness (QED) is 0.218. The molecule has 0 atom stereocenters. The van der Waals surface area contributed by atoms with Gasteiger partial charge in [-0.2, -0.15) is 0 Å². The number of benzene rings is 5. The van der Waals surface area contributed by atoms with Crippen LogP contribution in [0.15, 0.2) is 97.1 Å². The highest BCUT2D eigenvalue weighted by molar-refractivity contribution is 5.83. The van der Waals surface area contributed by atoms with Gasteiger partial charge in [0.15, 0.2) is 0 Å². The average molecular weight is 525 g/mol. The summed E-state index contributed by atoms with van der Waals surface area (Å²) in [6, 6.07) is 35.9. The number of anilines is 6. The number of hydrogen-bond acceptors (Lipinski definition) is 2. The normalized spacial score (nSPS) is 11.0. The molecule has 0 aliphatic carbocycles. The number of nitrogens with zero attached hydrogens (tertiary/aromatic N) is 2. The van der Waals surface area contributed by atoms with E-state index in [1.54, 1.807) is 0 Å². The van der Waals surface area contributed by atoms with Gasteiger partial charge in [-0.3, -0.25) is 0 Å². The van der Waals surface area contributed by atoms with Crippen molar-refractivity contribution in [3.63, 3.8) is 0 Å². The van der Waals surface area contributed by atoms with E-state index >= 15 is 0 Å². The van der Waals surface area contributed by atoms with Gasteiger partial charge in [-0.05, 0) is 167 Å². The second-order valence-corrected chi connectivity index (χ2v) is 11.3. The first-order valence-electron chi connectivity index (χ1n) is 14.1. The molecule has 0 spiro atoms. The topological polar surface area (TPSA) is 6.48 Å². The Morgan fingerprint density at radius 1 is 0.275 bits per heavy atom. The minimum absolute atomic E-state index is 1.13. The first-order valence-corrected chi connectivity index (χ1v) is 14.1. The lowest BCUT2D eigenvalue weighted by molar-refractivity contribution is 1.21. The van der Waals surface area contributed by atoms with Gasteiger partial charge in [0.25, 0.3) is 0 Å². The van der Waals surface area contributed by atoms with E-state index in [-0.39, 0.29) is 0 Å². The Hall–Kier alpha value is -4.30. The Morgan fingerprint density at radius 3 is 0.775 bits per heavy atom. The third-order valence-electron chi connectivity index (χ3n) is 8.34. The van der Waals surface area contributed by atoms with Crippen LogP contribution in [-0.4, -0.2) is 0 Å². The lowest BCUT2D eigenvalue weighted by atomic mass is 10.0. The first-order chi connectivity index (χ1) is 19.1. The fourth-order valence-electron chi connectivity index (χ4n) is 5.12. The molecular weight excluding hydrogens is 484 g/mol. The van der Waals surface area contributed by atoms with Gasteiger partial charge in [-0.15, -0.1) is 0 Å². The van der Waals surface area contributed by atoms with Crippen LogP contribution in [0.2, 0.25) is 0 Å². The zero-order chi connectivity index (χ0) is 28.6. The lowest BCUT2D eigenvalue weighted by Gasteiger charge is -2.30. The Bertz CT molecular complexity index is 1470. The van der Waals surface area contributed by atoms with Gasteiger partial charge in [0.1, 0.15) is 0 Å². The maximum absolute atomic E-state index is 2.38. The smallest absolute Gasteiger partial charge is 0.0482 e. The standard InChI is InChI=1S/C38H40N2/c1-25-12-16-35(20-29(25)5)39(36-17-13-26(2)30(6)21-36)33-10-9-11-34(24-33)40(37-18-14-27(3)31(7)22-37)38-19-15-28(4)32(8)23-38/h9-24H,1-8H3. The molecule has 5 aromatic rings. The van der Waals surface area contributed by atoms with E-state index in [0.29, 0.717) is 0 Å². The van der Waals surface area contributed by atoms with Gasteiger partial charge < -0.3 is 9.80 Å². The van der Waals surface area contributed by atoms with E-state index in [2.05, 4.69) is 162 Å². The van der Waals surface area contributed by atoms with Gasteiger partial charge >= 0.3 is 0 Å².